The summed E-state index contributed by atoms with van der Waals surface area (Å²) in [6.07, 6.45) is 4.91. The van der Waals surface area contributed by atoms with Gasteiger partial charge in [-0.3, -0.25) is 0 Å². The molecule has 0 bridgehead atoms. The normalized spacial score (nSPS) is 12.3. The lowest BCUT2D eigenvalue weighted by Gasteiger charge is -1.98. The van der Waals surface area contributed by atoms with E-state index in [9.17, 15) is 0 Å². The van der Waals surface area contributed by atoms with E-state index >= 15 is 0 Å². The highest BCUT2D eigenvalue weighted by Gasteiger charge is 2.01. The molecule has 3 aromatic carbocycles. The van der Waals surface area contributed by atoms with Crippen molar-refractivity contribution in [2.45, 2.75) is 0 Å². The highest BCUT2D eigenvalue weighted by molar-refractivity contribution is 6.31. The van der Waals surface area contributed by atoms with Crippen molar-refractivity contribution >= 4 is 59.4 Å². The van der Waals surface area contributed by atoms with E-state index < -0.39 is 0 Å². The molecule has 3 aromatic rings. The Bertz CT molecular complexity index is 1110. The van der Waals surface area contributed by atoms with Gasteiger partial charge in [0, 0.05) is 15.1 Å². The average Bonchev–Trinajstić information content (AvgIpc) is 2.76. The molecule has 0 saturated heterocycles. The molecule has 156 valence electrons. The number of benzene rings is 3. The third kappa shape index (κ3) is 8.32. The van der Waals surface area contributed by atoms with Crippen LogP contribution in [0.5, 0.6) is 0 Å². The SMILES string of the molecule is Clc1ccc(C=NN=C(NN=Cc2cccc(Cl)c2)[NH2+]N=Cc2ccc(Cl)cc2)cc1. The molecular formula is C22H18Cl3N6+. The molecule has 31 heavy (non-hydrogen) atoms. The molecule has 0 aromatic heterocycles. The van der Waals surface area contributed by atoms with E-state index in [1.807, 2.05) is 36.4 Å². The minimum Gasteiger partial charge on any atom is -0.211 e. The van der Waals surface area contributed by atoms with Crippen LogP contribution in [0.1, 0.15) is 16.7 Å². The average molecular weight is 473 g/mol. The van der Waals surface area contributed by atoms with Gasteiger partial charge in [0.05, 0.1) is 18.6 Å². The van der Waals surface area contributed by atoms with Crippen molar-refractivity contribution < 1.29 is 5.43 Å². The highest BCUT2D eigenvalue weighted by atomic mass is 35.5. The minimum absolute atomic E-state index is 0.341. The van der Waals surface area contributed by atoms with Crippen LogP contribution in [-0.4, -0.2) is 24.6 Å². The first-order valence-electron chi connectivity index (χ1n) is 9.12. The third-order valence-corrected chi connectivity index (χ3v) is 4.51. The molecule has 0 saturated carbocycles. The summed E-state index contributed by atoms with van der Waals surface area (Å²) in [5.74, 6) is 0.341. The monoisotopic (exact) mass is 471 g/mol. The summed E-state index contributed by atoms with van der Waals surface area (Å²) in [4.78, 5) is 0. The lowest BCUT2D eigenvalue weighted by atomic mass is 10.2. The van der Waals surface area contributed by atoms with Crippen LogP contribution in [0.4, 0.5) is 0 Å². The van der Waals surface area contributed by atoms with Gasteiger partial charge in [0.1, 0.15) is 0 Å². The molecule has 6 nitrogen and oxygen atoms in total. The van der Waals surface area contributed by atoms with Crippen molar-refractivity contribution in [2.24, 2.45) is 20.4 Å². The Labute approximate surface area is 195 Å². The number of hydrogen-bond donors (Lipinski definition) is 2. The summed E-state index contributed by atoms with van der Waals surface area (Å²) < 4.78 is 0. The summed E-state index contributed by atoms with van der Waals surface area (Å²) in [6, 6.07) is 21.9. The predicted octanol–water partition coefficient (Wildman–Crippen LogP) is 4.56. The van der Waals surface area contributed by atoms with Gasteiger partial charge in [0.15, 0.2) is 0 Å². The summed E-state index contributed by atoms with van der Waals surface area (Å²) in [7, 11) is 0. The standard InChI is InChI=1S/C22H17Cl3N6/c23-19-8-4-16(5-9-19)13-26-29-22(30-27-14-17-6-10-20(24)11-7-17)31-28-15-18-2-1-3-21(25)12-18/h1-15H,(H2,29,30,31)/p+1. The summed E-state index contributed by atoms with van der Waals surface area (Å²) in [5, 5.41) is 18.6. The first-order chi connectivity index (χ1) is 15.1. The van der Waals surface area contributed by atoms with E-state index in [2.05, 4.69) is 25.8 Å². The predicted molar refractivity (Wildman–Crippen MR) is 130 cm³/mol. The molecular weight excluding hydrogens is 455 g/mol. The molecule has 0 radical (unpaired) electrons. The van der Waals surface area contributed by atoms with Crippen LogP contribution in [0.25, 0.3) is 0 Å². The van der Waals surface area contributed by atoms with Crippen LogP contribution in [0.2, 0.25) is 15.1 Å². The molecule has 0 heterocycles. The molecule has 9 heteroatoms. The van der Waals surface area contributed by atoms with E-state index in [0.29, 0.717) is 21.0 Å². The first kappa shape index (κ1) is 22.7. The second kappa shape index (κ2) is 12.0. The lowest BCUT2D eigenvalue weighted by molar-refractivity contribution is -0.549. The van der Waals surface area contributed by atoms with Crippen molar-refractivity contribution in [3.05, 3.63) is 105 Å². The van der Waals surface area contributed by atoms with Crippen LogP contribution in [0.3, 0.4) is 0 Å². The second-order valence-corrected chi connectivity index (χ2v) is 7.47. The zero-order valence-electron chi connectivity index (χ0n) is 16.2. The summed E-state index contributed by atoms with van der Waals surface area (Å²) in [5.41, 5.74) is 6.94. The van der Waals surface area contributed by atoms with E-state index in [0.717, 1.165) is 16.7 Å². The van der Waals surface area contributed by atoms with E-state index in [4.69, 9.17) is 34.8 Å². The van der Waals surface area contributed by atoms with Gasteiger partial charge >= 0.3 is 5.96 Å². The maximum Gasteiger partial charge on any atom is 0.365 e. The Morgan fingerprint density at radius 1 is 0.710 bits per heavy atom. The largest absolute Gasteiger partial charge is 0.365 e. The van der Waals surface area contributed by atoms with Crippen molar-refractivity contribution in [1.82, 2.24) is 5.43 Å². The Morgan fingerprint density at radius 3 is 2.00 bits per heavy atom. The number of hydrogen-bond acceptors (Lipinski definition) is 4. The van der Waals surface area contributed by atoms with Crippen molar-refractivity contribution in [3.63, 3.8) is 0 Å². The topological polar surface area (TPSA) is 78.1 Å². The molecule has 0 aliphatic heterocycles. The summed E-state index contributed by atoms with van der Waals surface area (Å²) >= 11 is 17.8. The molecule has 3 rings (SSSR count). The van der Waals surface area contributed by atoms with Gasteiger partial charge in [0.25, 0.3) is 0 Å². The fourth-order valence-electron chi connectivity index (χ4n) is 2.29. The van der Waals surface area contributed by atoms with Gasteiger partial charge in [-0.1, -0.05) is 81.4 Å². The lowest BCUT2D eigenvalue weighted by Crippen LogP contribution is -2.85. The maximum atomic E-state index is 5.99. The Morgan fingerprint density at radius 2 is 1.35 bits per heavy atom. The number of nitrogens with two attached hydrogens (primary N) is 1. The van der Waals surface area contributed by atoms with E-state index in [1.54, 1.807) is 55.0 Å². The van der Waals surface area contributed by atoms with Gasteiger partial charge in [-0.15, -0.1) is 0 Å². The van der Waals surface area contributed by atoms with Gasteiger partial charge in [-0.25, -0.2) is 5.43 Å². The zero-order valence-corrected chi connectivity index (χ0v) is 18.4. The van der Waals surface area contributed by atoms with Crippen LogP contribution < -0.4 is 10.9 Å². The summed E-state index contributed by atoms with van der Waals surface area (Å²) in [6.45, 7) is 0. The van der Waals surface area contributed by atoms with Crippen molar-refractivity contribution in [3.8, 4) is 0 Å². The number of nitrogens with zero attached hydrogens (tertiary/aromatic N) is 4. The molecule has 0 amide bonds. The highest BCUT2D eigenvalue weighted by Crippen LogP contribution is 2.09. The van der Waals surface area contributed by atoms with Crippen LogP contribution in [0, 0.1) is 0 Å². The molecule has 0 aliphatic rings. The molecule has 0 atom stereocenters. The van der Waals surface area contributed by atoms with Gasteiger partial charge in [-0.05, 0) is 53.1 Å². The van der Waals surface area contributed by atoms with Gasteiger partial charge in [-0.2, -0.15) is 15.6 Å². The number of quaternary nitrogens is 1. The third-order valence-electron chi connectivity index (χ3n) is 3.77. The van der Waals surface area contributed by atoms with Gasteiger partial charge in [0.2, 0.25) is 0 Å². The zero-order chi connectivity index (χ0) is 21.9. The molecule has 0 unspecified atom stereocenters. The molecule has 0 spiro atoms. The van der Waals surface area contributed by atoms with Crippen molar-refractivity contribution in [1.29, 1.82) is 0 Å². The Kier molecular flexibility index (Phi) is 8.75. The fourth-order valence-corrected chi connectivity index (χ4v) is 2.74. The number of guanidine groups is 1. The van der Waals surface area contributed by atoms with E-state index in [1.165, 1.54) is 5.43 Å². The number of rotatable bonds is 6. The Hall–Kier alpha value is -3.03. The molecule has 0 fully saturated rings. The smallest absolute Gasteiger partial charge is 0.211 e. The Balaban J connectivity index is 1.70. The minimum atomic E-state index is 0.341. The van der Waals surface area contributed by atoms with Gasteiger partial charge < -0.3 is 0 Å². The van der Waals surface area contributed by atoms with Crippen molar-refractivity contribution in [2.75, 3.05) is 0 Å². The molecule has 3 N–H and O–H groups in total. The first-order valence-corrected chi connectivity index (χ1v) is 10.2. The maximum absolute atomic E-state index is 5.99. The molecule has 0 aliphatic carbocycles. The number of hydrazone groups is 1. The van der Waals surface area contributed by atoms with Crippen LogP contribution in [-0.2, 0) is 0 Å². The second-order valence-electron chi connectivity index (χ2n) is 6.17. The number of halogens is 3. The fraction of sp³-hybridized carbons (Fsp3) is 0. The van der Waals surface area contributed by atoms with Crippen LogP contribution in [0.15, 0.2) is 93.2 Å². The number of nitrogens with one attached hydrogen (secondary N) is 1. The quantitative estimate of drug-likeness (QED) is 0.235. The van der Waals surface area contributed by atoms with Crippen LogP contribution >= 0.6 is 34.8 Å². The van der Waals surface area contributed by atoms with E-state index in [-0.39, 0.29) is 0 Å².